The minimum atomic E-state index is -0.118. The van der Waals surface area contributed by atoms with Crippen molar-refractivity contribution in [2.75, 3.05) is 6.54 Å². The van der Waals surface area contributed by atoms with Crippen LogP contribution >= 0.6 is 11.3 Å². The molecule has 0 bridgehead atoms. The number of nitrogens with zero attached hydrogens (tertiary/aromatic N) is 2. The topological polar surface area (TPSA) is 68.0 Å². The largest absolute Gasteiger partial charge is 0.356 e. The molecular formula is C19H15N3O2S. The van der Waals surface area contributed by atoms with Gasteiger partial charge in [0.05, 0.1) is 11.6 Å². The summed E-state index contributed by atoms with van der Waals surface area (Å²) in [5.74, 6) is -0.118. The van der Waals surface area contributed by atoms with E-state index in [2.05, 4.69) is 15.5 Å². The molecule has 5 nitrogen and oxygen atoms in total. The van der Waals surface area contributed by atoms with Crippen molar-refractivity contribution in [2.24, 2.45) is 0 Å². The number of benzene rings is 2. The van der Waals surface area contributed by atoms with E-state index in [1.165, 1.54) is 16.9 Å². The Morgan fingerprint density at radius 3 is 2.76 bits per heavy atom. The number of thiazole rings is 1. The van der Waals surface area contributed by atoms with Crippen molar-refractivity contribution in [1.82, 2.24) is 15.5 Å². The molecule has 0 atom stereocenters. The highest BCUT2D eigenvalue weighted by atomic mass is 32.1. The van der Waals surface area contributed by atoms with Gasteiger partial charge in [0.2, 0.25) is 0 Å². The number of carbonyl (C=O) groups is 1. The molecule has 2 aromatic heterocycles. The Kier molecular flexibility index (Phi) is 4.26. The Balaban J connectivity index is 1.45. The zero-order valence-corrected chi connectivity index (χ0v) is 14.1. The Morgan fingerprint density at radius 2 is 1.88 bits per heavy atom. The lowest BCUT2D eigenvalue weighted by Crippen LogP contribution is -2.24. The molecule has 0 unspecified atom stereocenters. The average molecular weight is 349 g/mol. The standard InChI is InChI=1S/C19H15N3O2S/c23-18(20-11-10-13-6-2-1-3-7-13)16-12-21-19(25-16)17-14-8-4-5-9-15(14)24-22-17/h1-9,12H,10-11H2,(H,20,23). The maximum atomic E-state index is 12.3. The molecule has 25 heavy (non-hydrogen) atoms. The van der Waals surface area contributed by atoms with Crippen LogP contribution in [0.2, 0.25) is 0 Å². The van der Waals surface area contributed by atoms with E-state index < -0.39 is 0 Å². The van der Waals surface area contributed by atoms with Gasteiger partial charge in [-0.05, 0) is 24.1 Å². The second-order valence-electron chi connectivity index (χ2n) is 5.55. The maximum absolute atomic E-state index is 12.3. The molecule has 6 heteroatoms. The molecule has 0 aliphatic rings. The second-order valence-corrected chi connectivity index (χ2v) is 6.58. The first-order valence-corrected chi connectivity index (χ1v) is 8.75. The molecule has 4 aromatic rings. The van der Waals surface area contributed by atoms with Crippen LogP contribution in [0.5, 0.6) is 0 Å². The van der Waals surface area contributed by atoms with Crippen LogP contribution in [0.1, 0.15) is 15.2 Å². The molecule has 1 N–H and O–H groups in total. The monoisotopic (exact) mass is 349 g/mol. The van der Waals surface area contributed by atoms with E-state index in [9.17, 15) is 4.79 Å². The van der Waals surface area contributed by atoms with Gasteiger partial charge in [-0.15, -0.1) is 11.3 Å². The molecule has 0 aliphatic heterocycles. The summed E-state index contributed by atoms with van der Waals surface area (Å²) >= 11 is 1.31. The first kappa shape index (κ1) is 15.5. The molecule has 0 fully saturated rings. The summed E-state index contributed by atoms with van der Waals surface area (Å²) in [5, 5.41) is 8.59. The third-order valence-corrected chi connectivity index (χ3v) is 4.85. The summed E-state index contributed by atoms with van der Waals surface area (Å²) in [7, 11) is 0. The van der Waals surface area contributed by atoms with E-state index >= 15 is 0 Å². The zero-order valence-electron chi connectivity index (χ0n) is 13.3. The highest BCUT2D eigenvalue weighted by Crippen LogP contribution is 2.30. The number of nitrogens with one attached hydrogen (secondary N) is 1. The number of hydrogen-bond acceptors (Lipinski definition) is 5. The molecule has 0 spiro atoms. The molecule has 0 saturated carbocycles. The minimum absolute atomic E-state index is 0.118. The predicted molar refractivity (Wildman–Crippen MR) is 97.6 cm³/mol. The number of hydrogen-bond donors (Lipinski definition) is 1. The number of para-hydroxylation sites is 1. The van der Waals surface area contributed by atoms with Gasteiger partial charge in [-0.3, -0.25) is 4.79 Å². The van der Waals surface area contributed by atoms with E-state index in [0.29, 0.717) is 27.7 Å². The predicted octanol–water partition coefficient (Wildman–Crippen LogP) is 3.92. The lowest BCUT2D eigenvalue weighted by atomic mass is 10.1. The van der Waals surface area contributed by atoms with Crippen molar-refractivity contribution in [2.45, 2.75) is 6.42 Å². The van der Waals surface area contributed by atoms with Gasteiger partial charge >= 0.3 is 0 Å². The second kappa shape index (κ2) is 6.86. The first-order chi connectivity index (χ1) is 12.3. The molecule has 0 saturated heterocycles. The van der Waals surface area contributed by atoms with Crippen LogP contribution in [0.15, 0.2) is 65.3 Å². The van der Waals surface area contributed by atoms with Crippen molar-refractivity contribution in [3.05, 3.63) is 71.2 Å². The molecule has 2 aromatic carbocycles. The molecule has 124 valence electrons. The van der Waals surface area contributed by atoms with Crippen LogP contribution in [0.3, 0.4) is 0 Å². The molecule has 0 radical (unpaired) electrons. The number of carbonyl (C=O) groups excluding carboxylic acids is 1. The van der Waals surface area contributed by atoms with Crippen molar-refractivity contribution >= 4 is 28.2 Å². The van der Waals surface area contributed by atoms with Crippen LogP contribution in [-0.2, 0) is 6.42 Å². The Bertz CT molecular complexity index is 1010. The maximum Gasteiger partial charge on any atom is 0.263 e. The van der Waals surface area contributed by atoms with Gasteiger partial charge in [-0.25, -0.2) is 4.98 Å². The summed E-state index contributed by atoms with van der Waals surface area (Å²) in [4.78, 5) is 17.2. The van der Waals surface area contributed by atoms with Gasteiger partial charge in [-0.2, -0.15) is 0 Å². The third kappa shape index (κ3) is 3.29. The quantitative estimate of drug-likeness (QED) is 0.593. The SMILES string of the molecule is O=C(NCCc1ccccc1)c1cnc(-c2noc3ccccc23)s1. The van der Waals surface area contributed by atoms with Gasteiger partial charge in [0.25, 0.3) is 5.91 Å². The van der Waals surface area contributed by atoms with Crippen LogP contribution in [0.25, 0.3) is 21.7 Å². The number of aromatic nitrogens is 2. The van der Waals surface area contributed by atoms with Gasteiger partial charge in [0, 0.05) is 6.54 Å². The van der Waals surface area contributed by atoms with Crippen LogP contribution < -0.4 is 5.32 Å². The van der Waals surface area contributed by atoms with Crippen LogP contribution in [-0.4, -0.2) is 22.6 Å². The highest BCUT2D eigenvalue weighted by molar-refractivity contribution is 7.17. The summed E-state index contributed by atoms with van der Waals surface area (Å²) in [5.41, 5.74) is 2.58. The van der Waals surface area contributed by atoms with Crippen molar-refractivity contribution in [1.29, 1.82) is 0 Å². The van der Waals surface area contributed by atoms with Gasteiger partial charge in [-0.1, -0.05) is 47.6 Å². The van der Waals surface area contributed by atoms with Gasteiger partial charge in [0.15, 0.2) is 5.58 Å². The summed E-state index contributed by atoms with van der Waals surface area (Å²) in [6, 6.07) is 17.7. The normalized spacial score (nSPS) is 10.9. The Labute approximate surface area is 148 Å². The number of rotatable bonds is 5. The van der Waals surface area contributed by atoms with E-state index in [-0.39, 0.29) is 5.91 Å². The van der Waals surface area contributed by atoms with E-state index in [1.807, 2.05) is 54.6 Å². The fourth-order valence-electron chi connectivity index (χ4n) is 2.58. The lowest BCUT2D eigenvalue weighted by molar-refractivity contribution is 0.0958. The van der Waals surface area contributed by atoms with Crippen LogP contribution in [0.4, 0.5) is 0 Å². The minimum Gasteiger partial charge on any atom is -0.356 e. The van der Waals surface area contributed by atoms with E-state index in [0.717, 1.165) is 11.8 Å². The highest BCUT2D eigenvalue weighted by Gasteiger charge is 2.16. The molecule has 0 aliphatic carbocycles. The van der Waals surface area contributed by atoms with Crippen molar-refractivity contribution in [3.8, 4) is 10.7 Å². The van der Waals surface area contributed by atoms with E-state index in [4.69, 9.17) is 4.52 Å². The van der Waals surface area contributed by atoms with Gasteiger partial charge < -0.3 is 9.84 Å². The van der Waals surface area contributed by atoms with Crippen molar-refractivity contribution in [3.63, 3.8) is 0 Å². The molecular weight excluding hydrogens is 334 g/mol. The van der Waals surface area contributed by atoms with Crippen molar-refractivity contribution < 1.29 is 9.32 Å². The molecule has 4 rings (SSSR count). The summed E-state index contributed by atoms with van der Waals surface area (Å²) in [6.07, 6.45) is 2.38. The smallest absolute Gasteiger partial charge is 0.263 e. The van der Waals surface area contributed by atoms with Crippen LogP contribution in [0, 0.1) is 0 Å². The zero-order chi connectivity index (χ0) is 17.1. The van der Waals surface area contributed by atoms with E-state index in [1.54, 1.807) is 6.20 Å². The molecule has 2 heterocycles. The third-order valence-electron chi connectivity index (χ3n) is 3.85. The lowest BCUT2D eigenvalue weighted by Gasteiger charge is -2.03. The molecule has 1 amide bonds. The number of fused-ring (bicyclic) bond motifs is 1. The fraction of sp³-hybridized carbons (Fsp3) is 0.105. The summed E-state index contributed by atoms with van der Waals surface area (Å²) < 4.78 is 5.30. The Morgan fingerprint density at radius 1 is 1.08 bits per heavy atom. The summed E-state index contributed by atoms with van der Waals surface area (Å²) in [6.45, 7) is 0.586. The van der Waals surface area contributed by atoms with Gasteiger partial charge in [0.1, 0.15) is 15.6 Å². The average Bonchev–Trinajstić information content (AvgIpc) is 3.29. The number of amides is 1. The first-order valence-electron chi connectivity index (χ1n) is 7.94. The fourth-order valence-corrected chi connectivity index (χ4v) is 3.41. The Hall–Kier alpha value is -2.99.